The lowest BCUT2D eigenvalue weighted by Crippen LogP contribution is -2.41. The number of alkyl halides is 1. The van der Waals surface area contributed by atoms with Crippen LogP contribution in [0.1, 0.15) is 31.2 Å². The van der Waals surface area contributed by atoms with Crippen molar-refractivity contribution < 1.29 is 0 Å². The summed E-state index contributed by atoms with van der Waals surface area (Å²) in [6.45, 7) is 1.17. The van der Waals surface area contributed by atoms with Crippen molar-refractivity contribution in [3.05, 3.63) is 84.3 Å². The van der Waals surface area contributed by atoms with Crippen LogP contribution in [0.4, 0.5) is 0 Å². The Balaban J connectivity index is 1.44. The van der Waals surface area contributed by atoms with E-state index in [4.69, 9.17) is 16.5 Å². The highest BCUT2D eigenvalue weighted by molar-refractivity contribution is 14.1. The molecule has 0 spiro atoms. The Hall–Kier alpha value is -2.91. The van der Waals surface area contributed by atoms with Gasteiger partial charge < -0.3 is 21.3 Å². The molecule has 3 aromatic rings. The van der Waals surface area contributed by atoms with Crippen LogP contribution in [0.3, 0.4) is 0 Å². The molecule has 2 heterocycles. The minimum absolute atomic E-state index is 0.250. The summed E-state index contributed by atoms with van der Waals surface area (Å²) < 4.78 is 0.250. The van der Waals surface area contributed by atoms with Gasteiger partial charge >= 0.3 is 0 Å². The first-order valence-electron chi connectivity index (χ1n) is 12.9. The zero-order chi connectivity index (χ0) is 25.9. The molecule has 1 saturated carbocycles. The number of halogens is 1. The smallest absolute Gasteiger partial charge is 0.149 e. The zero-order valence-corrected chi connectivity index (χ0v) is 23.7. The van der Waals surface area contributed by atoms with E-state index in [2.05, 4.69) is 87.9 Å². The lowest BCUT2D eigenvalue weighted by molar-refractivity contribution is 0.198. The lowest BCUT2D eigenvalue weighted by atomic mass is 9.81. The molecule has 1 aliphatic carbocycles. The summed E-state index contributed by atoms with van der Waals surface area (Å²) in [5, 5.41) is 1.07. The number of fused-ring (bicyclic) bond motifs is 1. The number of nitrogens with two attached hydrogens (primary N) is 2. The maximum Gasteiger partial charge on any atom is 0.149 e. The van der Waals surface area contributed by atoms with Crippen molar-refractivity contribution in [2.45, 2.75) is 29.7 Å². The van der Waals surface area contributed by atoms with Gasteiger partial charge in [-0.15, -0.1) is 0 Å². The second-order valence-electron chi connectivity index (χ2n) is 10.4. The first-order chi connectivity index (χ1) is 17.9. The van der Waals surface area contributed by atoms with E-state index in [0.717, 1.165) is 39.3 Å². The number of amidine groups is 1. The number of aromatic nitrogens is 1. The van der Waals surface area contributed by atoms with Crippen LogP contribution in [0.5, 0.6) is 0 Å². The van der Waals surface area contributed by atoms with Crippen molar-refractivity contribution in [1.29, 1.82) is 0 Å². The second-order valence-corrected chi connectivity index (χ2v) is 11.6. The third-order valence-corrected chi connectivity index (χ3v) is 9.06. The van der Waals surface area contributed by atoms with Crippen LogP contribution in [0, 0.1) is 11.8 Å². The number of nitrogens with zero attached hydrogens (tertiary/aromatic N) is 4. The maximum absolute atomic E-state index is 6.84. The number of benzene rings is 2. The highest BCUT2D eigenvalue weighted by atomic mass is 127. The molecule has 1 unspecified atom stereocenters. The molecule has 7 heteroatoms. The van der Waals surface area contributed by atoms with Crippen molar-refractivity contribution >= 4 is 45.0 Å². The summed E-state index contributed by atoms with van der Waals surface area (Å²) >= 11 is 2.57. The molecule has 1 atom stereocenters. The Morgan fingerprint density at radius 2 is 1.78 bits per heavy atom. The van der Waals surface area contributed by atoms with E-state index in [1.54, 1.807) is 6.20 Å². The molecule has 4 N–H and O–H groups in total. The summed E-state index contributed by atoms with van der Waals surface area (Å²) in [6.07, 6.45) is 8.75. The van der Waals surface area contributed by atoms with Crippen LogP contribution in [0.15, 0.2) is 83.8 Å². The van der Waals surface area contributed by atoms with Crippen molar-refractivity contribution in [3.63, 3.8) is 0 Å². The molecule has 0 saturated heterocycles. The van der Waals surface area contributed by atoms with Gasteiger partial charge in [-0.3, -0.25) is 0 Å². The van der Waals surface area contributed by atoms with Crippen LogP contribution in [0.2, 0.25) is 0 Å². The Bertz CT molecular complexity index is 1340. The molecule has 37 heavy (non-hydrogen) atoms. The largest absolute Gasteiger partial charge is 0.396 e. The van der Waals surface area contributed by atoms with Gasteiger partial charge in [0, 0.05) is 35.5 Å². The summed E-state index contributed by atoms with van der Waals surface area (Å²) in [4.78, 5) is 13.9. The SMILES string of the molecule is CN(C)CC1CCC(C(I)N2C=CN=C(N)/C2=C(/N)c2ccc3ccc(-c4ccccc4)nc3c2)CC1. The minimum atomic E-state index is 0.250. The van der Waals surface area contributed by atoms with E-state index >= 15 is 0 Å². The van der Waals surface area contributed by atoms with Gasteiger partial charge in [-0.25, -0.2) is 9.98 Å². The second kappa shape index (κ2) is 11.2. The molecular weight excluding hydrogens is 571 g/mol. The van der Waals surface area contributed by atoms with Gasteiger partial charge in [0.05, 0.1) is 21.0 Å². The number of hydrogen-bond donors (Lipinski definition) is 2. The van der Waals surface area contributed by atoms with E-state index in [0.29, 0.717) is 17.5 Å². The summed E-state index contributed by atoms with van der Waals surface area (Å²) in [7, 11) is 4.33. The Morgan fingerprint density at radius 3 is 2.51 bits per heavy atom. The quantitative estimate of drug-likeness (QED) is 0.211. The van der Waals surface area contributed by atoms with Gasteiger partial charge in [0.15, 0.2) is 0 Å². The fourth-order valence-electron chi connectivity index (χ4n) is 5.52. The molecule has 6 nitrogen and oxygen atoms in total. The monoisotopic (exact) mass is 606 g/mol. The standard InChI is InChI=1S/C30H35IN6/c1-36(2)19-20-8-10-23(11-9-20)29(31)37-17-16-34-30(33)28(37)27(32)24-13-12-22-14-15-25(35-26(22)18-24)21-6-4-3-5-7-21/h3-7,12-18,20,23,29H,8-11,19,32H2,1-2H3,(H2,33,34)/b28-27-. The van der Waals surface area contributed by atoms with Crippen molar-refractivity contribution in [3.8, 4) is 11.3 Å². The number of hydrogen-bond acceptors (Lipinski definition) is 6. The van der Waals surface area contributed by atoms with Crippen LogP contribution < -0.4 is 11.5 Å². The maximum atomic E-state index is 6.84. The molecule has 0 bridgehead atoms. The van der Waals surface area contributed by atoms with E-state index in [1.807, 2.05) is 30.5 Å². The third kappa shape index (κ3) is 5.67. The molecule has 5 rings (SSSR count). The van der Waals surface area contributed by atoms with Gasteiger partial charge in [0.1, 0.15) is 11.5 Å². The molecule has 2 aliphatic rings. The molecular formula is C30H35IN6. The third-order valence-electron chi connectivity index (χ3n) is 7.44. The highest BCUT2D eigenvalue weighted by Gasteiger charge is 2.33. The molecule has 0 amide bonds. The summed E-state index contributed by atoms with van der Waals surface area (Å²) in [6, 6.07) is 20.6. The topological polar surface area (TPSA) is 83.8 Å². The Morgan fingerprint density at radius 1 is 1.05 bits per heavy atom. The molecule has 1 aromatic heterocycles. The number of aliphatic imine (C=N–C) groups is 1. The van der Waals surface area contributed by atoms with E-state index in [9.17, 15) is 0 Å². The molecule has 1 aliphatic heterocycles. The normalized spacial score (nSPS) is 22.3. The summed E-state index contributed by atoms with van der Waals surface area (Å²) in [5.41, 5.74) is 18.6. The van der Waals surface area contributed by atoms with Gasteiger partial charge in [0.2, 0.25) is 0 Å². The molecule has 2 aromatic carbocycles. The van der Waals surface area contributed by atoms with Crippen LogP contribution in [0.25, 0.3) is 27.9 Å². The Labute approximate surface area is 233 Å². The first kappa shape index (κ1) is 25.7. The average Bonchev–Trinajstić information content (AvgIpc) is 2.92. The fraction of sp³-hybridized carbons (Fsp3) is 0.333. The van der Waals surface area contributed by atoms with E-state index in [1.165, 1.54) is 32.2 Å². The van der Waals surface area contributed by atoms with Crippen molar-refractivity contribution in [1.82, 2.24) is 14.8 Å². The van der Waals surface area contributed by atoms with Crippen LogP contribution >= 0.6 is 22.6 Å². The minimum Gasteiger partial charge on any atom is -0.396 e. The van der Waals surface area contributed by atoms with Crippen LogP contribution in [-0.2, 0) is 0 Å². The fourth-order valence-corrected chi connectivity index (χ4v) is 6.70. The average molecular weight is 607 g/mol. The molecule has 192 valence electrons. The summed E-state index contributed by atoms with van der Waals surface area (Å²) in [5.74, 6) is 1.81. The van der Waals surface area contributed by atoms with Gasteiger partial charge in [-0.05, 0) is 63.7 Å². The number of rotatable bonds is 6. The molecule has 1 fully saturated rings. The lowest BCUT2D eigenvalue weighted by Gasteiger charge is -2.39. The van der Waals surface area contributed by atoms with Crippen LogP contribution in [-0.4, -0.2) is 45.3 Å². The van der Waals surface area contributed by atoms with E-state index < -0.39 is 0 Å². The Kier molecular flexibility index (Phi) is 7.81. The van der Waals surface area contributed by atoms with Gasteiger partial charge in [-0.1, -0.05) is 71.1 Å². The first-order valence-corrected chi connectivity index (χ1v) is 14.2. The predicted molar refractivity (Wildman–Crippen MR) is 163 cm³/mol. The molecule has 0 radical (unpaired) electrons. The number of pyridine rings is 1. The van der Waals surface area contributed by atoms with Gasteiger partial charge in [0.25, 0.3) is 0 Å². The van der Waals surface area contributed by atoms with Gasteiger partial charge in [-0.2, -0.15) is 0 Å². The highest BCUT2D eigenvalue weighted by Crippen LogP contribution is 2.38. The zero-order valence-electron chi connectivity index (χ0n) is 21.5. The van der Waals surface area contributed by atoms with E-state index in [-0.39, 0.29) is 4.05 Å². The van der Waals surface area contributed by atoms with Crippen molar-refractivity contribution in [2.24, 2.45) is 28.3 Å². The predicted octanol–water partition coefficient (Wildman–Crippen LogP) is 5.80. The van der Waals surface area contributed by atoms with Crippen molar-refractivity contribution in [2.75, 3.05) is 20.6 Å².